The minimum atomic E-state index is -0.327. The molecule has 0 aromatic rings. The lowest BCUT2D eigenvalue weighted by atomic mass is 10.1. The van der Waals surface area contributed by atoms with Gasteiger partial charge in [-0.1, -0.05) is 31.7 Å². The highest BCUT2D eigenvalue weighted by Gasteiger charge is 2.21. The lowest BCUT2D eigenvalue weighted by Crippen LogP contribution is -2.15. The first-order chi connectivity index (χ1) is 8.65. The van der Waals surface area contributed by atoms with Gasteiger partial charge in [0.2, 0.25) is 4.38 Å². The van der Waals surface area contributed by atoms with E-state index in [1.165, 1.54) is 6.08 Å². The number of rotatable bonds is 8. The second-order valence-corrected chi connectivity index (χ2v) is 6.16. The van der Waals surface area contributed by atoms with E-state index in [1.54, 1.807) is 11.8 Å². The van der Waals surface area contributed by atoms with Crippen molar-refractivity contribution in [2.75, 3.05) is 6.61 Å². The fourth-order valence-corrected chi connectivity index (χ4v) is 3.12. The van der Waals surface area contributed by atoms with Crippen LogP contribution in [0.5, 0.6) is 0 Å². The van der Waals surface area contributed by atoms with Gasteiger partial charge in [0, 0.05) is 11.3 Å². The summed E-state index contributed by atoms with van der Waals surface area (Å²) in [5.41, 5.74) is 0. The SMILES string of the molecule is C=CC(=O)OC(CC)CCCCC1COC(=S)S1. The molecule has 0 aromatic heterocycles. The van der Waals surface area contributed by atoms with E-state index < -0.39 is 0 Å². The number of thioether (sulfide) groups is 1. The van der Waals surface area contributed by atoms with Crippen LogP contribution in [0.3, 0.4) is 0 Å². The molecule has 0 saturated carbocycles. The lowest BCUT2D eigenvalue weighted by Gasteiger charge is -2.15. The van der Waals surface area contributed by atoms with Crippen LogP contribution in [-0.4, -0.2) is 28.3 Å². The zero-order chi connectivity index (χ0) is 13.4. The Labute approximate surface area is 118 Å². The van der Waals surface area contributed by atoms with E-state index in [-0.39, 0.29) is 12.1 Å². The largest absolute Gasteiger partial charge is 0.477 e. The van der Waals surface area contributed by atoms with Gasteiger partial charge in [0.15, 0.2) is 0 Å². The summed E-state index contributed by atoms with van der Waals surface area (Å²) in [4.78, 5) is 11.1. The highest BCUT2D eigenvalue weighted by molar-refractivity contribution is 8.23. The molecule has 1 aliphatic rings. The van der Waals surface area contributed by atoms with Crippen molar-refractivity contribution < 1.29 is 14.3 Å². The quantitative estimate of drug-likeness (QED) is 0.296. The van der Waals surface area contributed by atoms with Crippen LogP contribution in [0, 0.1) is 0 Å². The fourth-order valence-electron chi connectivity index (χ4n) is 1.81. The smallest absolute Gasteiger partial charge is 0.330 e. The molecule has 0 aromatic carbocycles. The van der Waals surface area contributed by atoms with Crippen molar-refractivity contribution in [2.24, 2.45) is 0 Å². The van der Waals surface area contributed by atoms with E-state index in [0.29, 0.717) is 9.63 Å². The van der Waals surface area contributed by atoms with Gasteiger partial charge in [0.1, 0.15) is 12.7 Å². The average Bonchev–Trinajstić information content (AvgIpc) is 2.78. The molecule has 18 heavy (non-hydrogen) atoms. The molecule has 1 rings (SSSR count). The minimum Gasteiger partial charge on any atom is -0.477 e. The molecule has 0 radical (unpaired) electrons. The Balaban J connectivity index is 2.09. The Hall–Kier alpha value is -0.550. The lowest BCUT2D eigenvalue weighted by molar-refractivity contribution is -0.143. The van der Waals surface area contributed by atoms with Crippen molar-refractivity contribution in [3.8, 4) is 0 Å². The van der Waals surface area contributed by atoms with Crippen LogP contribution >= 0.6 is 24.0 Å². The van der Waals surface area contributed by atoms with Crippen molar-refractivity contribution in [1.29, 1.82) is 0 Å². The minimum absolute atomic E-state index is 0.0176. The van der Waals surface area contributed by atoms with Crippen LogP contribution in [0.15, 0.2) is 12.7 Å². The first kappa shape index (κ1) is 15.5. The molecule has 0 aliphatic carbocycles. The summed E-state index contributed by atoms with van der Waals surface area (Å²) in [5.74, 6) is -0.327. The molecule has 5 heteroatoms. The molecule has 0 N–H and O–H groups in total. The Bertz CT molecular complexity index is 305. The zero-order valence-corrected chi connectivity index (χ0v) is 12.4. The number of hydrogen-bond donors (Lipinski definition) is 0. The number of thiocarbonyl (C=S) groups is 1. The van der Waals surface area contributed by atoms with Gasteiger partial charge >= 0.3 is 5.97 Å². The summed E-state index contributed by atoms with van der Waals surface area (Å²) >= 11 is 6.62. The Kier molecular flexibility index (Phi) is 7.35. The fraction of sp³-hybridized carbons (Fsp3) is 0.692. The van der Waals surface area contributed by atoms with E-state index in [2.05, 4.69) is 6.58 Å². The number of unbranched alkanes of at least 4 members (excludes halogenated alkanes) is 1. The van der Waals surface area contributed by atoms with Crippen molar-refractivity contribution in [2.45, 2.75) is 50.4 Å². The predicted octanol–water partition coefficient (Wildman–Crippen LogP) is 3.47. The average molecular weight is 288 g/mol. The first-order valence-corrected chi connectivity index (χ1v) is 7.61. The molecule has 1 saturated heterocycles. The zero-order valence-electron chi connectivity index (χ0n) is 10.7. The summed E-state index contributed by atoms with van der Waals surface area (Å²) < 4.78 is 11.1. The predicted molar refractivity (Wildman–Crippen MR) is 78.8 cm³/mol. The molecule has 0 bridgehead atoms. The van der Waals surface area contributed by atoms with Crippen LogP contribution < -0.4 is 0 Å². The molecule has 1 aliphatic heterocycles. The monoisotopic (exact) mass is 288 g/mol. The molecule has 0 amide bonds. The van der Waals surface area contributed by atoms with Crippen LogP contribution in [0.2, 0.25) is 0 Å². The first-order valence-electron chi connectivity index (χ1n) is 6.32. The normalized spacial score (nSPS) is 20.3. The van der Waals surface area contributed by atoms with Gasteiger partial charge in [-0.25, -0.2) is 4.79 Å². The molecular weight excluding hydrogens is 268 g/mol. The van der Waals surface area contributed by atoms with Gasteiger partial charge in [-0.2, -0.15) is 0 Å². The third kappa shape index (κ3) is 5.87. The Morgan fingerprint density at radius 2 is 2.50 bits per heavy atom. The van der Waals surface area contributed by atoms with E-state index in [0.717, 1.165) is 38.7 Å². The Morgan fingerprint density at radius 3 is 3.06 bits per heavy atom. The molecule has 3 nitrogen and oxygen atoms in total. The van der Waals surface area contributed by atoms with Gasteiger partial charge in [0.25, 0.3) is 0 Å². The summed E-state index contributed by atoms with van der Waals surface area (Å²) in [5, 5.41) is 0.508. The summed E-state index contributed by atoms with van der Waals surface area (Å²) in [6, 6.07) is 0. The van der Waals surface area contributed by atoms with Crippen molar-refractivity contribution >= 4 is 34.3 Å². The Morgan fingerprint density at radius 1 is 1.72 bits per heavy atom. The van der Waals surface area contributed by atoms with Gasteiger partial charge in [0.05, 0.1) is 0 Å². The van der Waals surface area contributed by atoms with E-state index >= 15 is 0 Å². The van der Waals surface area contributed by atoms with Gasteiger partial charge < -0.3 is 9.47 Å². The molecular formula is C13H20O3S2. The number of carbonyl (C=O) groups is 1. The van der Waals surface area contributed by atoms with Crippen LogP contribution in [0.1, 0.15) is 39.0 Å². The second kappa shape index (κ2) is 8.53. The topological polar surface area (TPSA) is 35.5 Å². The maximum Gasteiger partial charge on any atom is 0.330 e. The highest BCUT2D eigenvalue weighted by Crippen LogP contribution is 2.27. The molecule has 1 heterocycles. The number of hydrogen-bond acceptors (Lipinski definition) is 5. The summed E-state index contributed by atoms with van der Waals surface area (Å²) in [7, 11) is 0. The molecule has 102 valence electrons. The van der Waals surface area contributed by atoms with E-state index in [4.69, 9.17) is 21.7 Å². The van der Waals surface area contributed by atoms with Crippen LogP contribution in [0.4, 0.5) is 0 Å². The van der Waals surface area contributed by atoms with Crippen LogP contribution in [0.25, 0.3) is 0 Å². The number of ether oxygens (including phenoxy) is 2. The maximum absolute atomic E-state index is 11.1. The standard InChI is InChI=1S/C13H20O3S2/c1-3-10(16-12(14)4-2)7-5-6-8-11-9-15-13(17)18-11/h4,10-11H,2-3,5-9H2,1H3. The second-order valence-electron chi connectivity index (χ2n) is 4.26. The molecule has 1 fully saturated rings. The van der Waals surface area contributed by atoms with Crippen LogP contribution in [-0.2, 0) is 14.3 Å². The van der Waals surface area contributed by atoms with E-state index in [9.17, 15) is 4.79 Å². The third-order valence-electron chi connectivity index (χ3n) is 2.86. The highest BCUT2D eigenvalue weighted by atomic mass is 32.2. The number of esters is 1. The summed E-state index contributed by atoms with van der Waals surface area (Å²) in [6.07, 6.45) is 6.29. The molecule has 2 unspecified atom stereocenters. The van der Waals surface area contributed by atoms with Gasteiger partial charge in [-0.15, -0.1) is 0 Å². The maximum atomic E-state index is 11.1. The molecule has 2 atom stereocenters. The van der Waals surface area contributed by atoms with Crippen molar-refractivity contribution in [1.82, 2.24) is 0 Å². The van der Waals surface area contributed by atoms with E-state index in [1.807, 2.05) is 6.92 Å². The number of carbonyl (C=O) groups excluding carboxylic acids is 1. The molecule has 0 spiro atoms. The van der Waals surface area contributed by atoms with Gasteiger partial charge in [-0.05, 0) is 37.9 Å². The van der Waals surface area contributed by atoms with Crippen molar-refractivity contribution in [3.05, 3.63) is 12.7 Å². The van der Waals surface area contributed by atoms with Crippen molar-refractivity contribution in [3.63, 3.8) is 0 Å². The van der Waals surface area contributed by atoms with Gasteiger partial charge in [-0.3, -0.25) is 0 Å². The summed E-state index contributed by atoms with van der Waals surface area (Å²) in [6.45, 7) is 6.17. The third-order valence-corrected chi connectivity index (χ3v) is 4.28.